The van der Waals surface area contributed by atoms with Crippen LogP contribution in [-0.2, 0) is 14.9 Å². The molecule has 0 unspecified atom stereocenters. The molecular formula is C24H33N3O3. The van der Waals surface area contributed by atoms with Crippen molar-refractivity contribution in [2.24, 2.45) is 11.3 Å². The number of rotatable bonds is 2. The molecule has 1 N–H and O–H groups in total. The number of aromatic nitrogens is 1. The summed E-state index contributed by atoms with van der Waals surface area (Å²) in [6.07, 6.45) is 7.66. The van der Waals surface area contributed by atoms with Gasteiger partial charge in [0.15, 0.2) is 0 Å². The Morgan fingerprint density at radius 1 is 1.20 bits per heavy atom. The number of cyclic esters (lactones) is 1. The van der Waals surface area contributed by atoms with Gasteiger partial charge in [-0.3, -0.25) is 9.78 Å². The molecule has 30 heavy (non-hydrogen) atoms. The fourth-order valence-electron chi connectivity index (χ4n) is 5.97. The molecule has 5 rings (SSSR count). The van der Waals surface area contributed by atoms with E-state index in [0.717, 1.165) is 38.8 Å². The van der Waals surface area contributed by atoms with Gasteiger partial charge in [0, 0.05) is 36.8 Å². The van der Waals surface area contributed by atoms with Gasteiger partial charge in [-0.05, 0) is 67.1 Å². The summed E-state index contributed by atoms with van der Waals surface area (Å²) in [6, 6.07) is 4.43. The molecule has 2 aliphatic heterocycles. The van der Waals surface area contributed by atoms with Crippen LogP contribution in [0.15, 0.2) is 18.3 Å². The average Bonchev–Trinajstić information content (AvgIpc) is 3.06. The zero-order valence-corrected chi connectivity index (χ0v) is 18.4. The average molecular weight is 412 g/mol. The van der Waals surface area contributed by atoms with E-state index in [1.807, 2.05) is 6.20 Å². The SMILES string of the molecule is CC(C)(C)c1ccnc(C2CC3(CCN(C(=O)[C@H]4C[C@]5(COC(=O)N5)C4)CC3)C2)c1. The molecule has 162 valence electrons. The molecule has 0 bridgehead atoms. The molecular weight excluding hydrogens is 378 g/mol. The van der Waals surface area contributed by atoms with E-state index in [1.54, 1.807) is 0 Å². The Balaban J connectivity index is 1.12. The lowest BCUT2D eigenvalue weighted by atomic mass is 9.56. The maximum atomic E-state index is 12.9. The lowest BCUT2D eigenvalue weighted by Gasteiger charge is -2.53. The lowest BCUT2D eigenvalue weighted by Crippen LogP contribution is -2.59. The van der Waals surface area contributed by atoms with Gasteiger partial charge in [-0.2, -0.15) is 0 Å². The minimum absolute atomic E-state index is 0.0412. The van der Waals surface area contributed by atoms with Crippen molar-refractivity contribution in [1.29, 1.82) is 0 Å². The van der Waals surface area contributed by atoms with Crippen LogP contribution in [0, 0.1) is 11.3 Å². The molecule has 6 nitrogen and oxygen atoms in total. The van der Waals surface area contributed by atoms with Crippen LogP contribution in [0.1, 0.15) is 76.5 Å². The third-order valence-corrected chi connectivity index (χ3v) is 8.03. The van der Waals surface area contributed by atoms with Crippen LogP contribution >= 0.6 is 0 Å². The van der Waals surface area contributed by atoms with Gasteiger partial charge in [-0.15, -0.1) is 0 Å². The van der Waals surface area contributed by atoms with Gasteiger partial charge in [-0.1, -0.05) is 20.8 Å². The second kappa shape index (κ2) is 6.69. The quantitative estimate of drug-likeness (QED) is 0.804. The first kappa shape index (κ1) is 19.8. The maximum absolute atomic E-state index is 12.9. The fraction of sp³-hybridized carbons (Fsp3) is 0.708. The normalized spacial score (nSPS) is 27.4. The predicted molar refractivity (Wildman–Crippen MR) is 113 cm³/mol. The highest BCUT2D eigenvalue weighted by Gasteiger charge is 2.54. The molecule has 1 aromatic rings. The van der Waals surface area contributed by atoms with E-state index in [9.17, 15) is 9.59 Å². The Labute approximate surface area is 178 Å². The summed E-state index contributed by atoms with van der Waals surface area (Å²) in [4.78, 5) is 30.9. The van der Waals surface area contributed by atoms with Gasteiger partial charge in [0.25, 0.3) is 0 Å². The van der Waals surface area contributed by atoms with Crippen LogP contribution < -0.4 is 5.32 Å². The fourth-order valence-corrected chi connectivity index (χ4v) is 5.97. The molecule has 6 heteroatoms. The molecule has 1 aromatic heterocycles. The molecule has 2 aliphatic carbocycles. The summed E-state index contributed by atoms with van der Waals surface area (Å²) < 4.78 is 5.03. The predicted octanol–water partition coefficient (Wildman–Crippen LogP) is 3.75. The first-order valence-corrected chi connectivity index (χ1v) is 11.4. The number of nitrogens with one attached hydrogen (secondary N) is 1. The van der Waals surface area contributed by atoms with Crippen molar-refractivity contribution in [3.63, 3.8) is 0 Å². The topological polar surface area (TPSA) is 71.5 Å². The van der Waals surface area contributed by atoms with Crippen LogP contribution in [0.2, 0.25) is 0 Å². The number of carbonyl (C=O) groups excluding carboxylic acids is 2. The van der Waals surface area contributed by atoms with Gasteiger partial charge in [0.1, 0.15) is 6.61 Å². The second-order valence-corrected chi connectivity index (χ2v) is 11.2. The third-order valence-electron chi connectivity index (χ3n) is 8.03. The summed E-state index contributed by atoms with van der Waals surface area (Å²) in [5, 5.41) is 2.88. The summed E-state index contributed by atoms with van der Waals surface area (Å²) >= 11 is 0. The van der Waals surface area contributed by atoms with Crippen LogP contribution in [0.3, 0.4) is 0 Å². The summed E-state index contributed by atoms with van der Waals surface area (Å²) in [7, 11) is 0. The number of pyridine rings is 1. The second-order valence-electron chi connectivity index (χ2n) is 11.2. The molecule has 2 amide bonds. The summed E-state index contributed by atoms with van der Waals surface area (Å²) in [5.74, 6) is 0.874. The Morgan fingerprint density at radius 2 is 1.90 bits per heavy atom. The Hall–Kier alpha value is -2.11. The van der Waals surface area contributed by atoms with Crippen molar-refractivity contribution in [1.82, 2.24) is 15.2 Å². The number of carbonyl (C=O) groups is 2. The van der Waals surface area contributed by atoms with E-state index in [-0.39, 0.29) is 28.9 Å². The number of nitrogens with zero attached hydrogens (tertiary/aromatic N) is 2. The van der Waals surface area contributed by atoms with Gasteiger partial charge < -0.3 is 15.0 Å². The minimum Gasteiger partial charge on any atom is -0.447 e. The van der Waals surface area contributed by atoms with Crippen molar-refractivity contribution in [2.75, 3.05) is 19.7 Å². The van der Waals surface area contributed by atoms with E-state index in [2.05, 4.69) is 48.1 Å². The van der Waals surface area contributed by atoms with Crippen LogP contribution in [0.5, 0.6) is 0 Å². The minimum atomic E-state index is -0.345. The highest BCUT2D eigenvalue weighted by atomic mass is 16.6. The van der Waals surface area contributed by atoms with Crippen molar-refractivity contribution in [3.05, 3.63) is 29.6 Å². The van der Waals surface area contributed by atoms with Crippen LogP contribution in [-0.4, -0.2) is 47.1 Å². The van der Waals surface area contributed by atoms with Crippen molar-refractivity contribution in [3.8, 4) is 0 Å². The molecule has 0 radical (unpaired) electrons. The molecule has 4 fully saturated rings. The standard InChI is InChI=1S/C24H33N3O3/c1-22(2,3)18-4-7-25-19(10-18)16-11-23(12-16)5-8-27(9-6-23)20(28)17-13-24(14-17)15-30-21(29)26-24/h4,7,10,16-17H,5-6,8-9,11-15H2,1-3H3,(H,26,29)/t17-,24+. The highest BCUT2D eigenvalue weighted by molar-refractivity contribution is 5.81. The maximum Gasteiger partial charge on any atom is 0.407 e. The smallest absolute Gasteiger partial charge is 0.407 e. The molecule has 0 atom stereocenters. The monoisotopic (exact) mass is 411 g/mol. The van der Waals surface area contributed by atoms with Crippen molar-refractivity contribution in [2.45, 2.75) is 76.2 Å². The largest absolute Gasteiger partial charge is 0.447 e. The highest BCUT2D eigenvalue weighted by Crippen LogP contribution is 2.56. The first-order valence-electron chi connectivity index (χ1n) is 11.4. The zero-order valence-electron chi connectivity index (χ0n) is 18.4. The number of ether oxygens (including phenoxy) is 1. The Kier molecular flexibility index (Phi) is 4.42. The van der Waals surface area contributed by atoms with Gasteiger partial charge in [0.05, 0.1) is 5.54 Å². The van der Waals surface area contributed by atoms with E-state index in [0.29, 0.717) is 17.9 Å². The van der Waals surface area contributed by atoms with E-state index in [1.165, 1.54) is 24.1 Å². The van der Waals surface area contributed by atoms with Crippen LogP contribution in [0.25, 0.3) is 0 Å². The molecule has 2 saturated carbocycles. The summed E-state index contributed by atoms with van der Waals surface area (Å²) in [6.45, 7) is 8.89. The van der Waals surface area contributed by atoms with Gasteiger partial charge in [0.2, 0.25) is 5.91 Å². The van der Waals surface area contributed by atoms with E-state index < -0.39 is 0 Å². The molecule has 2 saturated heterocycles. The lowest BCUT2D eigenvalue weighted by molar-refractivity contribution is -0.144. The van der Waals surface area contributed by atoms with Gasteiger partial charge >= 0.3 is 6.09 Å². The van der Waals surface area contributed by atoms with Crippen LogP contribution in [0.4, 0.5) is 4.79 Å². The third kappa shape index (κ3) is 3.38. The zero-order chi connectivity index (χ0) is 21.1. The van der Waals surface area contributed by atoms with Crippen molar-refractivity contribution >= 4 is 12.0 Å². The molecule has 0 aromatic carbocycles. The Morgan fingerprint density at radius 3 is 2.50 bits per heavy atom. The number of hydrogen-bond donors (Lipinski definition) is 1. The molecule has 3 heterocycles. The van der Waals surface area contributed by atoms with Gasteiger partial charge in [-0.25, -0.2) is 4.79 Å². The molecule has 4 aliphatic rings. The first-order chi connectivity index (χ1) is 14.2. The number of hydrogen-bond acceptors (Lipinski definition) is 4. The number of alkyl carbamates (subject to hydrolysis) is 1. The Bertz CT molecular complexity index is 853. The number of likely N-dealkylation sites (tertiary alicyclic amines) is 1. The molecule has 2 spiro atoms. The summed E-state index contributed by atoms with van der Waals surface area (Å²) in [5.41, 5.74) is 2.88. The number of piperidine rings is 1. The van der Waals surface area contributed by atoms with Crippen molar-refractivity contribution < 1.29 is 14.3 Å². The number of amides is 2. The van der Waals surface area contributed by atoms with E-state index in [4.69, 9.17) is 4.74 Å². The van der Waals surface area contributed by atoms with E-state index >= 15 is 0 Å².